The molecule has 0 saturated heterocycles. The zero-order valence-electron chi connectivity index (χ0n) is 22.9. The summed E-state index contributed by atoms with van der Waals surface area (Å²) in [5, 5.41) is 13.0. The number of carbonyl (C=O) groups excluding carboxylic acids is 1. The maximum atomic E-state index is 14.1. The number of carboxylic acid groups (broad SMARTS) is 1. The van der Waals surface area contributed by atoms with Gasteiger partial charge in [-0.1, -0.05) is 36.4 Å². The molecule has 2 N–H and O–H groups in total. The number of carboxylic acids is 1. The van der Waals surface area contributed by atoms with Crippen LogP contribution in [0.2, 0.25) is 0 Å². The number of nitrogens with zero attached hydrogens (tertiary/aromatic N) is 2. The molecule has 0 radical (unpaired) electrons. The van der Waals surface area contributed by atoms with E-state index < -0.39 is 5.97 Å². The number of nitrogens with one attached hydrogen (secondary N) is 1. The second-order valence-corrected chi connectivity index (χ2v) is 10.8. The Bertz CT molecular complexity index is 1520. The van der Waals surface area contributed by atoms with Crippen LogP contribution in [0, 0.1) is 11.6 Å². The third-order valence-electron chi connectivity index (χ3n) is 8.02. The highest BCUT2D eigenvalue weighted by Gasteiger charge is 2.31. The molecule has 212 valence electrons. The number of halogens is 2. The third-order valence-corrected chi connectivity index (χ3v) is 8.02. The fourth-order valence-corrected chi connectivity index (χ4v) is 5.80. The normalized spacial score (nSPS) is 17.6. The van der Waals surface area contributed by atoms with E-state index in [1.807, 2.05) is 30.0 Å². The SMILES string of the molecule is C[C@@H](NC(=O)N(Cc1ccc(CC(=O)O)cc1)C1CCC(c2ccnc3ccc(F)cc23)CC1)c1ccc(F)cc1. The lowest BCUT2D eigenvalue weighted by Gasteiger charge is -2.38. The zero-order valence-corrected chi connectivity index (χ0v) is 22.9. The molecular formula is C33H33F2N3O3. The molecule has 4 aromatic rings. The topological polar surface area (TPSA) is 82.5 Å². The predicted octanol–water partition coefficient (Wildman–Crippen LogP) is 7.14. The van der Waals surface area contributed by atoms with E-state index in [2.05, 4.69) is 10.3 Å². The van der Waals surface area contributed by atoms with Crippen molar-refractivity contribution in [3.8, 4) is 0 Å². The van der Waals surface area contributed by atoms with Crippen molar-refractivity contribution in [2.75, 3.05) is 0 Å². The summed E-state index contributed by atoms with van der Waals surface area (Å²) in [4.78, 5) is 31.0. The summed E-state index contributed by atoms with van der Waals surface area (Å²) in [7, 11) is 0. The number of hydrogen-bond acceptors (Lipinski definition) is 3. The Balaban J connectivity index is 1.33. The molecule has 1 saturated carbocycles. The summed E-state index contributed by atoms with van der Waals surface area (Å²) in [6.07, 6.45) is 4.95. The van der Waals surface area contributed by atoms with Gasteiger partial charge in [0, 0.05) is 24.2 Å². The molecule has 0 spiro atoms. The molecule has 1 aromatic heterocycles. The predicted molar refractivity (Wildman–Crippen MR) is 153 cm³/mol. The van der Waals surface area contributed by atoms with Crippen LogP contribution in [-0.2, 0) is 17.8 Å². The number of pyridine rings is 1. The van der Waals surface area contributed by atoms with E-state index in [-0.39, 0.29) is 42.1 Å². The van der Waals surface area contributed by atoms with E-state index in [9.17, 15) is 18.4 Å². The molecule has 1 aliphatic carbocycles. The highest BCUT2D eigenvalue weighted by molar-refractivity contribution is 5.82. The van der Waals surface area contributed by atoms with Gasteiger partial charge >= 0.3 is 12.0 Å². The minimum atomic E-state index is -0.894. The maximum Gasteiger partial charge on any atom is 0.318 e. The van der Waals surface area contributed by atoms with E-state index in [0.717, 1.165) is 53.3 Å². The monoisotopic (exact) mass is 557 g/mol. The smallest absolute Gasteiger partial charge is 0.318 e. The van der Waals surface area contributed by atoms with Crippen LogP contribution in [0.25, 0.3) is 10.9 Å². The molecule has 1 fully saturated rings. The van der Waals surface area contributed by atoms with Crippen LogP contribution in [0.5, 0.6) is 0 Å². The van der Waals surface area contributed by atoms with E-state index in [1.165, 1.54) is 18.2 Å². The van der Waals surface area contributed by atoms with E-state index >= 15 is 0 Å². The Morgan fingerprint density at radius 3 is 2.27 bits per heavy atom. The van der Waals surface area contributed by atoms with Gasteiger partial charge in [0.05, 0.1) is 18.0 Å². The molecule has 0 unspecified atom stereocenters. The fourth-order valence-electron chi connectivity index (χ4n) is 5.80. The van der Waals surface area contributed by atoms with Crippen molar-refractivity contribution in [3.63, 3.8) is 0 Å². The standard InChI is InChI=1S/C33H33F2N3O3/c1-21(24-6-10-26(34)11-7-24)37-33(41)38(20-23-4-2-22(3-5-23)18-32(39)40)28-13-8-25(9-14-28)29-16-17-36-31-15-12-27(35)19-30(29)31/h2-7,10-12,15-17,19,21,25,28H,8-9,13-14,18,20H2,1H3,(H,37,41)(H,39,40)/t21-,25?,28?/m1/s1. The highest BCUT2D eigenvalue weighted by atomic mass is 19.1. The summed E-state index contributed by atoms with van der Waals surface area (Å²) in [5.74, 6) is -1.28. The van der Waals surface area contributed by atoms with Crippen LogP contribution in [0.3, 0.4) is 0 Å². The number of urea groups is 1. The average Bonchev–Trinajstić information content (AvgIpc) is 2.96. The van der Waals surface area contributed by atoms with Crippen molar-refractivity contribution < 1.29 is 23.5 Å². The molecule has 3 aromatic carbocycles. The second-order valence-electron chi connectivity index (χ2n) is 10.8. The number of amides is 2. The van der Waals surface area contributed by atoms with Crippen molar-refractivity contribution in [1.29, 1.82) is 0 Å². The molecule has 0 aliphatic heterocycles. The second kappa shape index (κ2) is 12.5. The molecule has 5 rings (SSSR count). The van der Waals surface area contributed by atoms with Gasteiger partial charge < -0.3 is 15.3 Å². The number of carbonyl (C=O) groups is 2. The first-order chi connectivity index (χ1) is 19.8. The zero-order chi connectivity index (χ0) is 28.9. The van der Waals surface area contributed by atoms with Gasteiger partial charge in [-0.25, -0.2) is 13.6 Å². The van der Waals surface area contributed by atoms with Gasteiger partial charge in [0.1, 0.15) is 11.6 Å². The molecule has 2 amide bonds. The lowest BCUT2D eigenvalue weighted by Crippen LogP contribution is -2.47. The molecule has 1 aliphatic rings. The van der Waals surface area contributed by atoms with Gasteiger partial charge in [-0.15, -0.1) is 0 Å². The Labute approximate surface area is 238 Å². The summed E-state index contributed by atoms with van der Waals surface area (Å²) in [5.41, 5.74) is 4.26. The minimum Gasteiger partial charge on any atom is -0.481 e. The molecule has 8 heteroatoms. The van der Waals surface area contributed by atoms with Gasteiger partial charge in [0.25, 0.3) is 0 Å². The number of rotatable bonds is 8. The molecule has 6 nitrogen and oxygen atoms in total. The van der Waals surface area contributed by atoms with Crippen LogP contribution >= 0.6 is 0 Å². The van der Waals surface area contributed by atoms with Crippen LogP contribution in [-0.4, -0.2) is 33.0 Å². The number of fused-ring (bicyclic) bond motifs is 1. The van der Waals surface area contributed by atoms with Gasteiger partial charge in [-0.3, -0.25) is 9.78 Å². The van der Waals surface area contributed by atoms with Crippen molar-refractivity contribution in [2.45, 2.75) is 63.6 Å². The molecular weight excluding hydrogens is 524 g/mol. The van der Waals surface area contributed by atoms with Crippen LogP contribution in [0.1, 0.15) is 66.8 Å². The van der Waals surface area contributed by atoms with Gasteiger partial charge in [-0.2, -0.15) is 0 Å². The van der Waals surface area contributed by atoms with E-state index in [4.69, 9.17) is 5.11 Å². The quantitative estimate of drug-likeness (QED) is 0.241. The lowest BCUT2D eigenvalue weighted by molar-refractivity contribution is -0.136. The number of benzene rings is 3. The van der Waals surface area contributed by atoms with Gasteiger partial charge in [0.15, 0.2) is 0 Å². The number of aromatic nitrogens is 1. The molecule has 1 heterocycles. The maximum absolute atomic E-state index is 14.1. The Morgan fingerprint density at radius 2 is 1.59 bits per heavy atom. The largest absolute Gasteiger partial charge is 0.481 e. The van der Waals surface area contributed by atoms with Crippen molar-refractivity contribution in [1.82, 2.24) is 15.2 Å². The van der Waals surface area contributed by atoms with Crippen molar-refractivity contribution in [2.24, 2.45) is 0 Å². The summed E-state index contributed by atoms with van der Waals surface area (Å²) in [6, 6.07) is 19.5. The first-order valence-corrected chi connectivity index (χ1v) is 13.9. The Hall–Kier alpha value is -4.33. The first kappa shape index (κ1) is 28.2. The average molecular weight is 558 g/mol. The van der Waals surface area contributed by atoms with Gasteiger partial charge in [0.2, 0.25) is 0 Å². The first-order valence-electron chi connectivity index (χ1n) is 13.9. The Morgan fingerprint density at radius 1 is 0.927 bits per heavy atom. The van der Waals surface area contributed by atoms with Crippen LogP contribution in [0.15, 0.2) is 79.0 Å². The minimum absolute atomic E-state index is 0.0183. The summed E-state index contributed by atoms with van der Waals surface area (Å²) in [6.45, 7) is 2.24. The summed E-state index contributed by atoms with van der Waals surface area (Å²) >= 11 is 0. The lowest BCUT2D eigenvalue weighted by atomic mass is 9.80. The Kier molecular flexibility index (Phi) is 8.57. The fraction of sp³-hybridized carbons (Fsp3) is 0.303. The number of aliphatic carboxylic acids is 1. The van der Waals surface area contributed by atoms with Crippen LogP contribution in [0.4, 0.5) is 13.6 Å². The molecule has 0 bridgehead atoms. The number of hydrogen-bond donors (Lipinski definition) is 2. The van der Waals surface area contributed by atoms with Crippen molar-refractivity contribution >= 4 is 22.9 Å². The molecule has 41 heavy (non-hydrogen) atoms. The van der Waals surface area contributed by atoms with Gasteiger partial charge in [-0.05, 0) is 97.2 Å². The summed E-state index contributed by atoms with van der Waals surface area (Å²) < 4.78 is 27.5. The third kappa shape index (κ3) is 6.88. The van der Waals surface area contributed by atoms with E-state index in [0.29, 0.717) is 12.1 Å². The highest BCUT2D eigenvalue weighted by Crippen LogP contribution is 2.38. The molecule has 1 atom stereocenters. The van der Waals surface area contributed by atoms with Crippen molar-refractivity contribution in [3.05, 3.63) is 113 Å². The van der Waals surface area contributed by atoms with Crippen LogP contribution < -0.4 is 5.32 Å². The van der Waals surface area contributed by atoms with E-state index in [1.54, 1.807) is 42.6 Å².